The fourth-order valence-corrected chi connectivity index (χ4v) is 9.21. The zero-order chi connectivity index (χ0) is 44.9. The molecule has 5 heterocycles. The SMILES string of the molecule is CCC(C)N1CCC2(CC1)N=c1c(c3c4c5c(C)c(O)c3c(O)c1=NC(=O)C(C)=CC=CC(C)C(O)C(C)C(O)C(C)C(OC(C)=O)C(C)C(OC)C=COC(C)(O5)C4=O)N2. The third-order valence-electron chi connectivity index (χ3n) is 13.4. The van der Waals surface area contributed by atoms with Crippen LogP contribution >= 0.6 is 0 Å². The number of carbonyl (C=O) groups is 3. The molecule has 5 aliphatic heterocycles. The van der Waals surface area contributed by atoms with E-state index in [2.05, 4.69) is 29.1 Å². The fraction of sp³-hybridized carbons (Fsp3) is 0.587. The van der Waals surface area contributed by atoms with E-state index < -0.39 is 82.9 Å². The standard InChI is InChI=1S/C46H62N4O11/c1-12-24(4)50-19-17-46(18-20-50)48-34-31-32-39(54)28(8)42-33(31)43(56)45(10,61-42)59-21-16-30(58-11)25(5)41(60-29(9)51)27(7)38(53)26(6)37(52)22(2)14-13-15-23(3)44(57)47-36(40(32)55)35(34)49-46/h13-16,21-22,24-27,30,37-38,41,48,52-55H,12,17-20H2,1-11H3. The zero-order valence-corrected chi connectivity index (χ0v) is 37.1. The molecule has 61 heavy (non-hydrogen) atoms. The number of aromatic hydroxyl groups is 2. The summed E-state index contributed by atoms with van der Waals surface area (Å²) in [6.45, 7) is 18.6. The number of aliphatic hydroxyl groups is 2. The maximum absolute atomic E-state index is 14.7. The lowest BCUT2D eigenvalue weighted by molar-refractivity contribution is -0.160. The van der Waals surface area contributed by atoms with Gasteiger partial charge in [0.15, 0.2) is 5.75 Å². The summed E-state index contributed by atoms with van der Waals surface area (Å²) in [4.78, 5) is 52.9. The first-order valence-corrected chi connectivity index (χ1v) is 21.3. The van der Waals surface area contributed by atoms with Gasteiger partial charge in [0, 0.05) is 93.1 Å². The number of allylic oxidation sites excluding steroid dienone is 2. The first-order valence-electron chi connectivity index (χ1n) is 21.3. The monoisotopic (exact) mass is 846 g/mol. The summed E-state index contributed by atoms with van der Waals surface area (Å²) in [5.41, 5.74) is -0.115. The lowest BCUT2D eigenvalue weighted by Gasteiger charge is -2.40. The summed E-state index contributed by atoms with van der Waals surface area (Å²) in [7, 11) is 1.47. The lowest BCUT2D eigenvalue weighted by Crippen LogP contribution is -2.49. The third-order valence-corrected chi connectivity index (χ3v) is 13.4. The van der Waals surface area contributed by atoms with Crippen molar-refractivity contribution in [3.63, 3.8) is 0 Å². The molecule has 5 aliphatic rings. The topological polar surface area (TPSA) is 209 Å². The first-order chi connectivity index (χ1) is 28.7. The maximum atomic E-state index is 14.7. The number of rotatable bonds is 4. The number of hydrogen-bond acceptors (Lipinski definition) is 14. The van der Waals surface area contributed by atoms with Crippen LogP contribution in [-0.4, -0.2) is 105 Å². The second-order valence-corrected chi connectivity index (χ2v) is 17.6. The number of carbonyl (C=O) groups excluding carboxylic acids is 3. The molecule has 1 amide bonds. The van der Waals surface area contributed by atoms with Crippen LogP contribution in [0.2, 0.25) is 0 Å². The Morgan fingerprint density at radius 3 is 2.30 bits per heavy atom. The number of phenolic OH excluding ortho intramolecular Hbond substituents is 2. The van der Waals surface area contributed by atoms with Crippen LogP contribution < -0.4 is 20.8 Å². The predicted molar refractivity (Wildman–Crippen MR) is 228 cm³/mol. The molecule has 0 radical (unpaired) electrons. The van der Waals surface area contributed by atoms with Crippen molar-refractivity contribution in [2.45, 2.75) is 130 Å². The summed E-state index contributed by atoms with van der Waals surface area (Å²) in [5.74, 6) is -7.03. The predicted octanol–water partition coefficient (Wildman–Crippen LogP) is 4.89. The molecular formula is C46H62N4O11. The number of nitrogens with one attached hydrogen (secondary N) is 1. The van der Waals surface area contributed by atoms with Gasteiger partial charge in [-0.05, 0) is 33.3 Å². The molecule has 5 N–H and O–H groups in total. The van der Waals surface area contributed by atoms with E-state index in [1.54, 1.807) is 65.8 Å². The van der Waals surface area contributed by atoms with Crippen molar-refractivity contribution in [2.75, 3.05) is 25.5 Å². The molecule has 1 fully saturated rings. The summed E-state index contributed by atoms with van der Waals surface area (Å²) in [6.07, 6.45) is 6.05. The quantitative estimate of drug-likeness (QED) is 0.205. The minimum Gasteiger partial charge on any atom is -0.507 e. The number of Topliss-reactive ketones (excluding diaryl/α,β-unsaturated/α-hetero) is 1. The number of piperidine rings is 1. The van der Waals surface area contributed by atoms with Crippen LogP contribution in [0.3, 0.4) is 0 Å². The fourth-order valence-electron chi connectivity index (χ4n) is 9.21. The zero-order valence-electron chi connectivity index (χ0n) is 37.1. The van der Waals surface area contributed by atoms with Crippen LogP contribution in [-0.2, 0) is 23.8 Å². The summed E-state index contributed by atoms with van der Waals surface area (Å²) < 4.78 is 24.0. The lowest BCUT2D eigenvalue weighted by atomic mass is 9.78. The Morgan fingerprint density at radius 1 is 1.00 bits per heavy atom. The van der Waals surface area contributed by atoms with Crippen LogP contribution in [0.4, 0.5) is 5.69 Å². The first kappa shape index (κ1) is 45.7. The minimum atomic E-state index is -1.95. The van der Waals surface area contributed by atoms with Gasteiger partial charge in [-0.3, -0.25) is 19.4 Å². The number of fused-ring (bicyclic) bond motifs is 13. The van der Waals surface area contributed by atoms with Gasteiger partial charge in [0.1, 0.15) is 34.0 Å². The number of amides is 1. The summed E-state index contributed by atoms with van der Waals surface area (Å²) >= 11 is 0. The highest BCUT2D eigenvalue weighted by Crippen LogP contribution is 2.51. The second-order valence-electron chi connectivity index (χ2n) is 17.6. The van der Waals surface area contributed by atoms with Crippen LogP contribution in [0.1, 0.15) is 97.5 Å². The van der Waals surface area contributed by atoms with Crippen LogP contribution in [0.5, 0.6) is 17.2 Å². The number of ketones is 1. The number of nitrogens with zero attached hydrogens (tertiary/aromatic N) is 3. The normalized spacial score (nSPS) is 31.2. The molecule has 15 nitrogen and oxygen atoms in total. The Balaban J connectivity index is 1.56. The van der Waals surface area contributed by atoms with Gasteiger partial charge >= 0.3 is 11.8 Å². The highest BCUT2D eigenvalue weighted by atomic mass is 16.7. The van der Waals surface area contributed by atoms with E-state index in [0.717, 1.165) is 19.5 Å². The Morgan fingerprint density at radius 2 is 1.67 bits per heavy atom. The molecule has 332 valence electrons. The number of aliphatic hydroxyl groups excluding tert-OH is 2. The van der Waals surface area contributed by atoms with Crippen molar-refractivity contribution in [3.8, 4) is 17.2 Å². The van der Waals surface area contributed by atoms with E-state index in [-0.39, 0.29) is 49.7 Å². The van der Waals surface area contributed by atoms with Crippen molar-refractivity contribution >= 4 is 34.1 Å². The van der Waals surface area contributed by atoms with E-state index in [9.17, 15) is 34.8 Å². The number of benzene rings is 2. The van der Waals surface area contributed by atoms with E-state index >= 15 is 0 Å². The largest absolute Gasteiger partial charge is 0.507 e. The molecular weight excluding hydrogens is 785 g/mol. The third kappa shape index (κ3) is 8.29. The Labute approximate surface area is 356 Å². The Hall–Kier alpha value is -4.83. The van der Waals surface area contributed by atoms with Gasteiger partial charge in [-0.1, -0.05) is 52.8 Å². The van der Waals surface area contributed by atoms with Crippen molar-refractivity contribution < 1.29 is 53.8 Å². The van der Waals surface area contributed by atoms with E-state index in [1.807, 2.05) is 0 Å². The smallest absolute Gasteiger partial charge is 0.312 e. The van der Waals surface area contributed by atoms with Gasteiger partial charge in [0.05, 0.1) is 41.2 Å². The molecule has 10 atom stereocenters. The number of likely N-dealkylation sites (tertiary alicyclic amines) is 1. The highest BCUT2D eigenvalue weighted by Gasteiger charge is 2.51. The molecule has 10 unspecified atom stereocenters. The number of hydrogen-bond donors (Lipinski definition) is 5. The van der Waals surface area contributed by atoms with Gasteiger partial charge in [0.2, 0.25) is 0 Å². The van der Waals surface area contributed by atoms with E-state index in [0.29, 0.717) is 24.6 Å². The van der Waals surface area contributed by atoms with Crippen molar-refractivity contribution in [2.24, 2.45) is 33.7 Å². The maximum Gasteiger partial charge on any atom is 0.312 e. The number of ether oxygens (including phenoxy) is 4. The number of methoxy groups -OCH3 is 1. The van der Waals surface area contributed by atoms with Crippen LogP contribution in [0.25, 0.3) is 10.8 Å². The molecule has 1 saturated heterocycles. The molecule has 0 saturated carbocycles. The molecule has 7 rings (SSSR count). The van der Waals surface area contributed by atoms with Gasteiger partial charge in [0.25, 0.3) is 11.7 Å². The average molecular weight is 847 g/mol. The van der Waals surface area contributed by atoms with Gasteiger partial charge in [-0.25, -0.2) is 4.99 Å². The van der Waals surface area contributed by atoms with E-state index in [4.69, 9.17) is 23.9 Å². The van der Waals surface area contributed by atoms with Crippen LogP contribution in [0, 0.1) is 30.6 Å². The minimum absolute atomic E-state index is 0.0536. The van der Waals surface area contributed by atoms with Gasteiger partial charge in [-0.15, -0.1) is 0 Å². The van der Waals surface area contributed by atoms with Crippen molar-refractivity contribution in [1.82, 2.24) is 4.90 Å². The van der Waals surface area contributed by atoms with Crippen molar-refractivity contribution in [3.05, 3.63) is 58.0 Å². The van der Waals surface area contributed by atoms with Crippen molar-refractivity contribution in [1.29, 1.82) is 0 Å². The number of phenols is 2. The Bertz CT molecular complexity index is 2300. The molecule has 5 bridgehead atoms. The highest BCUT2D eigenvalue weighted by molar-refractivity contribution is 6.21. The average Bonchev–Trinajstić information content (AvgIpc) is 3.73. The number of anilines is 1. The summed E-state index contributed by atoms with van der Waals surface area (Å²) in [5, 5.41) is 50.6. The molecule has 15 heteroatoms. The second kappa shape index (κ2) is 17.5. The molecule has 0 aromatic heterocycles. The van der Waals surface area contributed by atoms with Crippen LogP contribution in [0.15, 0.2) is 46.1 Å². The van der Waals surface area contributed by atoms with Gasteiger partial charge < -0.3 is 49.6 Å². The summed E-state index contributed by atoms with van der Waals surface area (Å²) in [6, 6.07) is 0.359. The van der Waals surface area contributed by atoms with E-state index in [1.165, 1.54) is 27.2 Å². The Kier molecular flexibility index (Phi) is 13.1. The molecule has 2 aromatic carbocycles. The molecule has 0 aliphatic carbocycles. The number of esters is 1. The molecule has 1 spiro atoms. The molecule has 2 aromatic rings. The van der Waals surface area contributed by atoms with Gasteiger partial charge in [-0.2, -0.15) is 0 Å².